The van der Waals surface area contributed by atoms with Crippen LogP contribution >= 0.6 is 0 Å². The number of aromatic nitrogens is 1. The zero-order valence-electron chi connectivity index (χ0n) is 10.0. The molecule has 0 spiro atoms. The third kappa shape index (κ3) is 2.12. The highest BCUT2D eigenvalue weighted by Crippen LogP contribution is 2.29. The second-order valence-electron chi connectivity index (χ2n) is 4.52. The maximum atomic E-state index is 11.8. The van der Waals surface area contributed by atoms with E-state index >= 15 is 0 Å². The number of unbranched alkanes of at least 4 members (excludes halogenated alkanes) is 1. The van der Waals surface area contributed by atoms with Crippen molar-refractivity contribution in [2.75, 3.05) is 0 Å². The molecule has 1 aliphatic rings. The van der Waals surface area contributed by atoms with Crippen LogP contribution in [0.15, 0.2) is 4.79 Å². The third-order valence-corrected chi connectivity index (χ3v) is 3.25. The lowest BCUT2D eigenvalue weighted by Crippen LogP contribution is -2.22. The number of aromatic hydroxyl groups is 1. The lowest BCUT2D eigenvalue weighted by molar-refractivity contribution is 0.0968. The number of carbonyl (C=O) groups is 1. The Morgan fingerprint density at radius 3 is 2.76 bits per heavy atom. The largest absolute Gasteiger partial charge is 0.507 e. The first-order chi connectivity index (χ1) is 8.15. The highest BCUT2D eigenvalue weighted by molar-refractivity contribution is 6.00. The van der Waals surface area contributed by atoms with Crippen LogP contribution in [-0.2, 0) is 12.8 Å². The van der Waals surface area contributed by atoms with Gasteiger partial charge in [-0.2, -0.15) is 0 Å². The number of aryl methyl sites for hydroxylation is 1. The number of hydrogen-bond donors (Lipinski definition) is 2. The molecule has 0 aromatic carbocycles. The Bertz CT molecular complexity index is 502. The number of aromatic amines is 1. The van der Waals surface area contributed by atoms with E-state index in [1.807, 2.05) is 6.92 Å². The number of carbonyl (C=O) groups excluding carboxylic acids is 1. The standard InChI is InChI=1S/C13H17NO3/c1-2-3-5-8-12(16)11-9(14-13(8)17)6-4-7-10(11)15/h2-7H2,1H3,(H2,14,16,17). The van der Waals surface area contributed by atoms with Gasteiger partial charge in [-0.1, -0.05) is 13.3 Å². The van der Waals surface area contributed by atoms with E-state index in [2.05, 4.69) is 4.98 Å². The molecule has 1 aromatic rings. The van der Waals surface area contributed by atoms with Gasteiger partial charge >= 0.3 is 0 Å². The summed E-state index contributed by atoms with van der Waals surface area (Å²) in [7, 11) is 0. The van der Waals surface area contributed by atoms with E-state index in [4.69, 9.17) is 0 Å². The number of ketones is 1. The van der Waals surface area contributed by atoms with Crippen molar-refractivity contribution in [1.82, 2.24) is 4.98 Å². The molecule has 17 heavy (non-hydrogen) atoms. The first-order valence-electron chi connectivity index (χ1n) is 6.15. The molecular weight excluding hydrogens is 218 g/mol. The third-order valence-electron chi connectivity index (χ3n) is 3.25. The molecule has 0 radical (unpaired) electrons. The molecule has 2 N–H and O–H groups in total. The highest BCUT2D eigenvalue weighted by Gasteiger charge is 2.24. The van der Waals surface area contributed by atoms with Gasteiger partial charge in [0.25, 0.3) is 5.56 Å². The minimum atomic E-state index is -0.246. The van der Waals surface area contributed by atoms with Crippen molar-refractivity contribution in [2.24, 2.45) is 0 Å². The smallest absolute Gasteiger partial charge is 0.255 e. The first-order valence-corrected chi connectivity index (χ1v) is 6.15. The maximum Gasteiger partial charge on any atom is 0.255 e. The highest BCUT2D eigenvalue weighted by atomic mass is 16.3. The molecule has 92 valence electrons. The molecule has 0 atom stereocenters. The Balaban J connectivity index is 2.52. The van der Waals surface area contributed by atoms with Crippen LogP contribution in [0.3, 0.4) is 0 Å². The van der Waals surface area contributed by atoms with Crippen molar-refractivity contribution in [3.63, 3.8) is 0 Å². The number of rotatable bonds is 3. The van der Waals surface area contributed by atoms with Gasteiger partial charge in [-0.15, -0.1) is 0 Å². The number of Topliss-reactive ketones (excluding diaryl/α,β-unsaturated/α-hetero) is 1. The predicted octanol–water partition coefficient (Wildman–Crippen LogP) is 1.94. The van der Waals surface area contributed by atoms with Crippen molar-refractivity contribution in [3.05, 3.63) is 27.2 Å². The number of pyridine rings is 1. The molecule has 1 aromatic heterocycles. The molecular formula is C13H17NO3. The maximum absolute atomic E-state index is 11.8. The number of nitrogens with one attached hydrogen (secondary N) is 1. The van der Waals surface area contributed by atoms with Gasteiger partial charge in [-0.25, -0.2) is 0 Å². The molecule has 0 fully saturated rings. The van der Waals surface area contributed by atoms with Gasteiger partial charge in [-0.05, 0) is 25.7 Å². The molecule has 0 bridgehead atoms. The average Bonchev–Trinajstić information content (AvgIpc) is 2.28. The Kier molecular flexibility index (Phi) is 3.31. The van der Waals surface area contributed by atoms with Crippen molar-refractivity contribution in [3.8, 4) is 5.75 Å². The summed E-state index contributed by atoms with van der Waals surface area (Å²) in [6, 6.07) is 0. The van der Waals surface area contributed by atoms with Gasteiger partial charge in [0.2, 0.25) is 0 Å². The van der Waals surface area contributed by atoms with Crippen LogP contribution in [0.25, 0.3) is 0 Å². The average molecular weight is 235 g/mol. The fraction of sp³-hybridized carbons (Fsp3) is 0.538. The van der Waals surface area contributed by atoms with E-state index in [1.54, 1.807) is 0 Å². The van der Waals surface area contributed by atoms with E-state index in [0.29, 0.717) is 36.1 Å². The van der Waals surface area contributed by atoms with Crippen molar-refractivity contribution >= 4 is 5.78 Å². The lowest BCUT2D eigenvalue weighted by Gasteiger charge is -2.17. The van der Waals surface area contributed by atoms with Crippen LogP contribution < -0.4 is 5.56 Å². The molecule has 2 rings (SSSR count). The lowest BCUT2D eigenvalue weighted by atomic mass is 9.92. The van der Waals surface area contributed by atoms with E-state index in [-0.39, 0.29) is 17.1 Å². The minimum absolute atomic E-state index is 0.0576. The molecule has 0 saturated heterocycles. The Labute approximate surface area is 99.7 Å². The van der Waals surface area contributed by atoms with Gasteiger partial charge < -0.3 is 10.1 Å². The molecule has 0 saturated carbocycles. The van der Waals surface area contributed by atoms with E-state index in [0.717, 1.165) is 19.3 Å². The van der Waals surface area contributed by atoms with Gasteiger partial charge in [0.1, 0.15) is 5.75 Å². The topological polar surface area (TPSA) is 70.2 Å². The fourth-order valence-electron chi connectivity index (χ4n) is 2.30. The Morgan fingerprint density at radius 2 is 2.06 bits per heavy atom. The molecule has 0 unspecified atom stereocenters. The quantitative estimate of drug-likeness (QED) is 0.841. The van der Waals surface area contributed by atoms with Crippen molar-refractivity contribution in [1.29, 1.82) is 0 Å². The number of H-pyrrole nitrogens is 1. The normalized spacial score (nSPS) is 14.8. The molecule has 4 heteroatoms. The Hall–Kier alpha value is -1.58. The summed E-state index contributed by atoms with van der Waals surface area (Å²) in [5.74, 6) is -0.139. The molecule has 4 nitrogen and oxygen atoms in total. The van der Waals surface area contributed by atoms with Crippen molar-refractivity contribution in [2.45, 2.75) is 45.4 Å². The van der Waals surface area contributed by atoms with E-state index < -0.39 is 0 Å². The summed E-state index contributed by atoms with van der Waals surface area (Å²) in [4.78, 5) is 26.3. The number of hydrogen-bond acceptors (Lipinski definition) is 3. The summed E-state index contributed by atoms with van der Waals surface area (Å²) in [5.41, 5.74) is 1.07. The number of fused-ring (bicyclic) bond motifs is 1. The van der Waals surface area contributed by atoms with Crippen LogP contribution in [0.5, 0.6) is 5.75 Å². The summed E-state index contributed by atoms with van der Waals surface area (Å²) in [6.07, 6.45) is 4.18. The van der Waals surface area contributed by atoms with Gasteiger partial charge in [0, 0.05) is 12.1 Å². The van der Waals surface area contributed by atoms with Crippen LogP contribution in [0, 0.1) is 0 Å². The van der Waals surface area contributed by atoms with Gasteiger partial charge in [0.15, 0.2) is 5.78 Å². The van der Waals surface area contributed by atoms with E-state index in [9.17, 15) is 14.7 Å². The minimum Gasteiger partial charge on any atom is -0.507 e. The SMILES string of the molecule is CCCCc1c(O)c2c([nH]c1=O)CCCC2=O. The van der Waals surface area contributed by atoms with Gasteiger partial charge in [-0.3, -0.25) is 9.59 Å². The summed E-state index contributed by atoms with van der Waals surface area (Å²) in [5, 5.41) is 10.1. The van der Waals surface area contributed by atoms with Crippen LogP contribution in [0.1, 0.15) is 54.2 Å². The zero-order valence-corrected chi connectivity index (χ0v) is 10.0. The van der Waals surface area contributed by atoms with Crippen LogP contribution in [0.4, 0.5) is 0 Å². The Morgan fingerprint density at radius 1 is 1.29 bits per heavy atom. The predicted molar refractivity (Wildman–Crippen MR) is 64.6 cm³/mol. The zero-order chi connectivity index (χ0) is 12.4. The van der Waals surface area contributed by atoms with Crippen LogP contribution in [0.2, 0.25) is 0 Å². The second-order valence-corrected chi connectivity index (χ2v) is 4.52. The fourth-order valence-corrected chi connectivity index (χ4v) is 2.30. The molecule has 1 aliphatic carbocycles. The van der Waals surface area contributed by atoms with E-state index in [1.165, 1.54) is 0 Å². The summed E-state index contributed by atoms with van der Waals surface area (Å²) >= 11 is 0. The van der Waals surface area contributed by atoms with Crippen molar-refractivity contribution < 1.29 is 9.90 Å². The van der Waals surface area contributed by atoms with Crippen LogP contribution in [-0.4, -0.2) is 15.9 Å². The summed E-state index contributed by atoms with van der Waals surface area (Å²) < 4.78 is 0. The molecule has 0 amide bonds. The monoisotopic (exact) mass is 235 g/mol. The summed E-state index contributed by atoms with van der Waals surface area (Å²) in [6.45, 7) is 2.02. The molecule has 1 heterocycles. The molecule has 0 aliphatic heterocycles. The first kappa shape index (κ1) is 11.9. The second kappa shape index (κ2) is 4.73. The van der Waals surface area contributed by atoms with Gasteiger partial charge in [0.05, 0.1) is 11.1 Å².